The second-order valence-corrected chi connectivity index (χ2v) is 8.78. The van der Waals surface area contributed by atoms with Gasteiger partial charge in [0.05, 0.1) is 21.5 Å². The Bertz CT molecular complexity index is 899. The monoisotopic (exact) mass is 443 g/mol. The Kier molecular flexibility index (Phi) is 8.76. The second-order valence-electron chi connectivity index (χ2n) is 6.20. The first-order valence-electron chi connectivity index (χ1n) is 9.00. The molecule has 0 atom stereocenters. The molecule has 0 radical (unpaired) electrons. The van der Waals surface area contributed by atoms with E-state index < -0.39 is 10.0 Å². The van der Waals surface area contributed by atoms with Crippen LogP contribution in [0.4, 0.5) is 0 Å². The predicted octanol–water partition coefficient (Wildman–Crippen LogP) is 4.40. The van der Waals surface area contributed by atoms with Gasteiger partial charge in [-0.15, -0.1) is 0 Å². The van der Waals surface area contributed by atoms with Crippen molar-refractivity contribution in [1.82, 2.24) is 4.72 Å². The zero-order valence-electron chi connectivity index (χ0n) is 15.6. The van der Waals surface area contributed by atoms with Crippen LogP contribution in [-0.4, -0.2) is 27.5 Å². The molecule has 1 N–H and O–H groups in total. The first-order valence-corrected chi connectivity index (χ1v) is 11.2. The Hall–Kier alpha value is -1.60. The van der Waals surface area contributed by atoms with E-state index in [1.165, 1.54) is 18.2 Å². The molecule has 0 aromatic heterocycles. The van der Waals surface area contributed by atoms with Crippen molar-refractivity contribution in [3.05, 3.63) is 63.6 Å². The Morgan fingerprint density at radius 3 is 2.25 bits per heavy atom. The highest BCUT2D eigenvalue weighted by Gasteiger charge is 2.14. The summed E-state index contributed by atoms with van der Waals surface area (Å²) in [5, 5.41) is 0.506. The van der Waals surface area contributed by atoms with E-state index in [4.69, 9.17) is 27.9 Å². The molecule has 2 rings (SSSR count). The molecule has 2 aromatic carbocycles. The lowest BCUT2D eigenvalue weighted by atomic mass is 10.0. The van der Waals surface area contributed by atoms with Crippen molar-refractivity contribution in [1.29, 1.82) is 0 Å². The molecule has 0 fully saturated rings. The molecule has 0 aliphatic heterocycles. The van der Waals surface area contributed by atoms with E-state index in [1.54, 1.807) is 6.92 Å². The summed E-state index contributed by atoms with van der Waals surface area (Å²) in [5.41, 5.74) is 2.15. The number of sulfonamides is 1. The average Bonchev–Trinajstić information content (AvgIpc) is 2.65. The van der Waals surface area contributed by atoms with E-state index in [1.807, 2.05) is 24.3 Å². The molecule has 0 saturated carbocycles. The number of halogens is 2. The summed E-state index contributed by atoms with van der Waals surface area (Å²) >= 11 is 11.7. The van der Waals surface area contributed by atoms with Crippen molar-refractivity contribution < 1.29 is 17.9 Å². The van der Waals surface area contributed by atoms with Crippen molar-refractivity contribution in [2.75, 3.05) is 13.2 Å². The quantitative estimate of drug-likeness (QED) is 0.552. The number of hydrogen-bond donors (Lipinski definition) is 1. The first kappa shape index (κ1) is 22.7. The van der Waals surface area contributed by atoms with Crippen molar-refractivity contribution in [2.24, 2.45) is 0 Å². The van der Waals surface area contributed by atoms with Crippen LogP contribution in [0, 0.1) is 0 Å². The van der Waals surface area contributed by atoms with E-state index in [-0.39, 0.29) is 22.4 Å². The molecule has 0 aliphatic rings. The molecule has 5 nitrogen and oxygen atoms in total. The lowest BCUT2D eigenvalue weighted by molar-refractivity contribution is -0.143. The molecule has 0 aliphatic carbocycles. The Morgan fingerprint density at radius 2 is 1.64 bits per heavy atom. The van der Waals surface area contributed by atoms with Gasteiger partial charge in [-0.1, -0.05) is 47.5 Å². The van der Waals surface area contributed by atoms with Crippen LogP contribution in [-0.2, 0) is 32.4 Å². The van der Waals surface area contributed by atoms with Gasteiger partial charge in [0.15, 0.2) is 0 Å². The molecular formula is C20H23Cl2NO4S. The van der Waals surface area contributed by atoms with Crippen molar-refractivity contribution in [2.45, 2.75) is 37.5 Å². The summed E-state index contributed by atoms with van der Waals surface area (Å²) in [6, 6.07) is 12.1. The third-order valence-electron chi connectivity index (χ3n) is 4.08. The standard InChI is InChI=1S/C20H23Cl2NO4S/c1-2-27-20(24)5-3-4-15-6-8-16(9-7-15)12-13-23-28(25,26)17-10-11-18(21)19(22)14-17/h6-11,14,23H,2-5,12-13H2,1H3. The largest absolute Gasteiger partial charge is 0.466 e. The van der Waals surface area contributed by atoms with Gasteiger partial charge >= 0.3 is 5.97 Å². The van der Waals surface area contributed by atoms with Crippen LogP contribution in [0.3, 0.4) is 0 Å². The van der Waals surface area contributed by atoms with Gasteiger partial charge in [0, 0.05) is 13.0 Å². The maximum atomic E-state index is 12.3. The molecule has 0 saturated heterocycles. The topological polar surface area (TPSA) is 72.5 Å². The fraction of sp³-hybridized carbons (Fsp3) is 0.350. The second kappa shape index (κ2) is 10.8. The molecular weight excluding hydrogens is 421 g/mol. The van der Waals surface area contributed by atoms with Crippen LogP contribution in [0.5, 0.6) is 0 Å². The number of hydrogen-bond acceptors (Lipinski definition) is 4. The normalized spacial score (nSPS) is 11.4. The van der Waals surface area contributed by atoms with E-state index in [2.05, 4.69) is 4.72 Å². The number of aryl methyl sites for hydroxylation is 1. The summed E-state index contributed by atoms with van der Waals surface area (Å²) in [7, 11) is -3.64. The van der Waals surface area contributed by atoms with Crippen molar-refractivity contribution in [3.63, 3.8) is 0 Å². The fourth-order valence-electron chi connectivity index (χ4n) is 2.60. The average molecular weight is 444 g/mol. The van der Waals surface area contributed by atoms with Gasteiger partial charge in [0.1, 0.15) is 0 Å². The minimum atomic E-state index is -3.64. The third kappa shape index (κ3) is 7.09. The van der Waals surface area contributed by atoms with Crippen molar-refractivity contribution >= 4 is 39.2 Å². The number of esters is 1. The number of ether oxygens (including phenoxy) is 1. The molecule has 152 valence electrons. The highest BCUT2D eigenvalue weighted by Crippen LogP contribution is 2.24. The molecule has 0 unspecified atom stereocenters. The first-order chi connectivity index (χ1) is 13.3. The van der Waals surface area contributed by atoms with Crippen LogP contribution in [0.15, 0.2) is 47.4 Å². The van der Waals surface area contributed by atoms with Gasteiger partial charge < -0.3 is 4.74 Å². The lowest BCUT2D eigenvalue weighted by Crippen LogP contribution is -2.26. The number of nitrogens with one attached hydrogen (secondary N) is 1. The van der Waals surface area contributed by atoms with E-state index in [0.717, 1.165) is 24.0 Å². The highest BCUT2D eigenvalue weighted by molar-refractivity contribution is 7.89. The van der Waals surface area contributed by atoms with Gasteiger partial charge in [-0.05, 0) is 55.5 Å². The van der Waals surface area contributed by atoms with Gasteiger partial charge in [-0.3, -0.25) is 4.79 Å². The smallest absolute Gasteiger partial charge is 0.305 e. The number of benzene rings is 2. The van der Waals surface area contributed by atoms with Crippen LogP contribution >= 0.6 is 23.2 Å². The molecule has 0 amide bonds. The molecule has 0 bridgehead atoms. The third-order valence-corrected chi connectivity index (χ3v) is 6.28. The Labute approximate surface area is 176 Å². The molecule has 8 heteroatoms. The van der Waals surface area contributed by atoms with Gasteiger partial charge in [0.25, 0.3) is 0 Å². The number of rotatable bonds is 10. The van der Waals surface area contributed by atoms with Gasteiger partial charge in [-0.2, -0.15) is 0 Å². The fourth-order valence-corrected chi connectivity index (χ4v) is 4.02. The molecule has 2 aromatic rings. The summed E-state index contributed by atoms with van der Waals surface area (Å²) < 4.78 is 32.1. The molecule has 0 heterocycles. The summed E-state index contributed by atoms with van der Waals surface area (Å²) in [5.74, 6) is -0.173. The molecule has 0 spiro atoms. The van der Waals surface area contributed by atoms with Crippen LogP contribution in [0.2, 0.25) is 10.0 Å². The van der Waals surface area contributed by atoms with Crippen LogP contribution in [0.25, 0.3) is 0 Å². The maximum Gasteiger partial charge on any atom is 0.305 e. The van der Waals surface area contributed by atoms with Crippen LogP contribution < -0.4 is 4.72 Å². The highest BCUT2D eigenvalue weighted by atomic mass is 35.5. The number of carbonyl (C=O) groups excluding carboxylic acids is 1. The predicted molar refractivity (Wildman–Crippen MR) is 111 cm³/mol. The minimum Gasteiger partial charge on any atom is -0.466 e. The van der Waals surface area contributed by atoms with Gasteiger partial charge in [0.2, 0.25) is 10.0 Å². The zero-order valence-corrected chi connectivity index (χ0v) is 17.9. The minimum absolute atomic E-state index is 0.0823. The Morgan fingerprint density at radius 1 is 1.00 bits per heavy atom. The van der Waals surface area contributed by atoms with E-state index in [0.29, 0.717) is 24.5 Å². The maximum absolute atomic E-state index is 12.3. The summed E-state index contributed by atoms with van der Waals surface area (Å²) in [4.78, 5) is 11.4. The van der Waals surface area contributed by atoms with E-state index in [9.17, 15) is 13.2 Å². The van der Waals surface area contributed by atoms with Gasteiger partial charge in [-0.25, -0.2) is 13.1 Å². The zero-order chi connectivity index (χ0) is 20.6. The SMILES string of the molecule is CCOC(=O)CCCc1ccc(CCNS(=O)(=O)c2ccc(Cl)c(Cl)c2)cc1. The Balaban J connectivity index is 1.81. The summed E-state index contributed by atoms with van der Waals surface area (Å²) in [6.07, 6.45) is 2.50. The van der Waals surface area contributed by atoms with E-state index >= 15 is 0 Å². The molecule has 28 heavy (non-hydrogen) atoms. The number of carbonyl (C=O) groups is 1. The van der Waals surface area contributed by atoms with Crippen molar-refractivity contribution in [3.8, 4) is 0 Å². The summed E-state index contributed by atoms with van der Waals surface area (Å²) in [6.45, 7) is 2.47. The van der Waals surface area contributed by atoms with Crippen LogP contribution in [0.1, 0.15) is 30.9 Å². The lowest BCUT2D eigenvalue weighted by Gasteiger charge is -2.08.